The maximum Gasteiger partial charge on any atom is 0.316 e. The number of carbonyl (C=O) groups is 1. The van der Waals surface area contributed by atoms with Crippen molar-refractivity contribution in [3.05, 3.63) is 35.2 Å². The van der Waals surface area contributed by atoms with Crippen molar-refractivity contribution >= 4 is 16.9 Å². The van der Waals surface area contributed by atoms with Crippen molar-refractivity contribution in [3.8, 4) is 11.6 Å². The standard InChI is InChI=1S/C20H24N4O3/c1-4-24-9-5-6-14(24)11-21-19(25)20-22-18(23-27-20)17-13(3)15-10-12(2)7-8-16(15)26-17/h7-8,10,14H,4-6,9,11H2,1-3H3,(H,21,25)/t14-/m0/s1. The number of fused-ring (bicyclic) bond motifs is 1. The van der Waals surface area contributed by atoms with Gasteiger partial charge in [-0.15, -0.1) is 0 Å². The zero-order valence-corrected chi connectivity index (χ0v) is 15.9. The van der Waals surface area contributed by atoms with E-state index in [0.29, 0.717) is 24.2 Å². The highest BCUT2D eigenvalue weighted by Crippen LogP contribution is 2.32. The molecular formula is C20H24N4O3. The van der Waals surface area contributed by atoms with Gasteiger partial charge in [0, 0.05) is 23.5 Å². The van der Waals surface area contributed by atoms with Crippen LogP contribution in [0.4, 0.5) is 0 Å². The summed E-state index contributed by atoms with van der Waals surface area (Å²) >= 11 is 0. The number of likely N-dealkylation sites (tertiary alicyclic amines) is 1. The van der Waals surface area contributed by atoms with Gasteiger partial charge in [0.15, 0.2) is 5.76 Å². The maximum absolute atomic E-state index is 12.4. The minimum atomic E-state index is -0.346. The number of furan rings is 1. The highest BCUT2D eigenvalue weighted by Gasteiger charge is 2.25. The molecule has 7 heteroatoms. The summed E-state index contributed by atoms with van der Waals surface area (Å²) < 4.78 is 11.1. The Balaban J connectivity index is 1.50. The number of amides is 1. The average Bonchev–Trinajstić information content (AvgIpc) is 3.39. The number of aromatic nitrogens is 2. The van der Waals surface area contributed by atoms with Gasteiger partial charge in [-0.3, -0.25) is 9.69 Å². The summed E-state index contributed by atoms with van der Waals surface area (Å²) in [6.45, 7) is 8.81. The van der Waals surface area contributed by atoms with Crippen LogP contribution in [0.5, 0.6) is 0 Å². The lowest BCUT2D eigenvalue weighted by atomic mass is 10.1. The molecule has 27 heavy (non-hydrogen) atoms. The van der Waals surface area contributed by atoms with Gasteiger partial charge >= 0.3 is 11.8 Å². The summed E-state index contributed by atoms with van der Waals surface area (Å²) in [6.07, 6.45) is 2.27. The van der Waals surface area contributed by atoms with Crippen LogP contribution in [-0.4, -0.2) is 46.6 Å². The molecule has 0 spiro atoms. The molecule has 0 saturated carbocycles. The van der Waals surface area contributed by atoms with Crippen molar-refractivity contribution in [3.63, 3.8) is 0 Å². The number of hydrogen-bond acceptors (Lipinski definition) is 6. The molecule has 1 aromatic carbocycles. The van der Waals surface area contributed by atoms with E-state index >= 15 is 0 Å². The molecule has 3 aromatic rings. The third-order valence-corrected chi connectivity index (χ3v) is 5.32. The van der Waals surface area contributed by atoms with Gasteiger partial charge < -0.3 is 14.3 Å². The summed E-state index contributed by atoms with van der Waals surface area (Å²) in [4.78, 5) is 19.0. The van der Waals surface area contributed by atoms with Crippen molar-refractivity contribution in [1.29, 1.82) is 0 Å². The van der Waals surface area contributed by atoms with Gasteiger partial charge in [0.2, 0.25) is 5.82 Å². The lowest BCUT2D eigenvalue weighted by molar-refractivity contribution is 0.0897. The predicted octanol–water partition coefficient (Wildman–Crippen LogP) is 3.31. The van der Waals surface area contributed by atoms with E-state index in [1.54, 1.807) is 0 Å². The summed E-state index contributed by atoms with van der Waals surface area (Å²) in [6, 6.07) is 6.36. The second-order valence-electron chi connectivity index (χ2n) is 7.11. The van der Waals surface area contributed by atoms with Crippen LogP contribution in [0.3, 0.4) is 0 Å². The van der Waals surface area contributed by atoms with Crippen LogP contribution in [-0.2, 0) is 0 Å². The number of nitrogens with one attached hydrogen (secondary N) is 1. The second-order valence-corrected chi connectivity index (χ2v) is 7.11. The van der Waals surface area contributed by atoms with E-state index in [1.165, 1.54) is 6.42 Å². The van der Waals surface area contributed by atoms with Crippen molar-refractivity contribution in [2.45, 2.75) is 39.7 Å². The molecule has 1 saturated heterocycles. The van der Waals surface area contributed by atoms with E-state index in [1.807, 2.05) is 26.0 Å². The van der Waals surface area contributed by atoms with Crippen molar-refractivity contribution in [2.24, 2.45) is 0 Å². The molecule has 0 radical (unpaired) electrons. The zero-order valence-electron chi connectivity index (χ0n) is 15.9. The molecule has 0 aliphatic carbocycles. The summed E-state index contributed by atoms with van der Waals surface area (Å²) in [5.41, 5.74) is 2.86. The molecule has 3 heterocycles. The van der Waals surface area contributed by atoms with E-state index in [-0.39, 0.29) is 11.8 Å². The normalized spacial score (nSPS) is 17.7. The minimum absolute atomic E-state index is 0.0397. The Morgan fingerprint density at radius 3 is 3.04 bits per heavy atom. The molecule has 1 aliphatic rings. The molecule has 1 atom stereocenters. The van der Waals surface area contributed by atoms with Crippen LogP contribution in [0.15, 0.2) is 27.1 Å². The Hall–Kier alpha value is -2.67. The lowest BCUT2D eigenvalue weighted by Gasteiger charge is -2.22. The number of carbonyl (C=O) groups excluding carboxylic acids is 1. The van der Waals surface area contributed by atoms with E-state index in [9.17, 15) is 4.79 Å². The molecule has 1 amide bonds. The first-order valence-electron chi connectivity index (χ1n) is 9.43. The fraction of sp³-hybridized carbons (Fsp3) is 0.450. The smallest absolute Gasteiger partial charge is 0.316 e. The fourth-order valence-corrected chi connectivity index (χ4v) is 3.78. The van der Waals surface area contributed by atoms with Crippen molar-refractivity contribution < 1.29 is 13.7 Å². The van der Waals surface area contributed by atoms with Gasteiger partial charge in [-0.05, 0) is 51.9 Å². The molecule has 2 aromatic heterocycles. The predicted molar refractivity (Wildman–Crippen MR) is 102 cm³/mol. The Labute approximate surface area is 157 Å². The first-order valence-corrected chi connectivity index (χ1v) is 9.43. The average molecular weight is 368 g/mol. The Morgan fingerprint density at radius 1 is 1.37 bits per heavy atom. The summed E-state index contributed by atoms with van der Waals surface area (Å²) in [7, 11) is 0. The second kappa shape index (κ2) is 7.15. The van der Waals surface area contributed by atoms with Crippen LogP contribution in [0, 0.1) is 13.8 Å². The van der Waals surface area contributed by atoms with Gasteiger partial charge in [-0.1, -0.05) is 23.7 Å². The Morgan fingerprint density at radius 2 is 2.22 bits per heavy atom. The molecule has 4 rings (SSSR count). The van der Waals surface area contributed by atoms with Crippen LogP contribution < -0.4 is 5.32 Å². The summed E-state index contributed by atoms with van der Waals surface area (Å²) in [5, 5.41) is 7.87. The molecular weight excluding hydrogens is 344 g/mol. The number of likely N-dealkylation sites (N-methyl/N-ethyl adjacent to an activating group) is 1. The minimum Gasteiger partial charge on any atom is -0.452 e. The molecule has 1 fully saturated rings. The van der Waals surface area contributed by atoms with E-state index in [2.05, 4.69) is 33.3 Å². The molecule has 1 N–H and O–H groups in total. The van der Waals surface area contributed by atoms with Gasteiger partial charge in [-0.25, -0.2) is 0 Å². The highest BCUT2D eigenvalue weighted by molar-refractivity contribution is 5.90. The van der Waals surface area contributed by atoms with Gasteiger partial charge in [0.05, 0.1) is 0 Å². The summed E-state index contributed by atoms with van der Waals surface area (Å²) in [5.74, 6) is 0.442. The topological polar surface area (TPSA) is 84.4 Å². The number of benzene rings is 1. The lowest BCUT2D eigenvalue weighted by Crippen LogP contribution is -2.40. The monoisotopic (exact) mass is 368 g/mol. The molecule has 142 valence electrons. The molecule has 0 bridgehead atoms. The van der Waals surface area contributed by atoms with Crippen molar-refractivity contribution in [2.75, 3.05) is 19.6 Å². The quantitative estimate of drug-likeness (QED) is 0.744. The van der Waals surface area contributed by atoms with Gasteiger partial charge in [-0.2, -0.15) is 4.98 Å². The number of nitrogens with zero attached hydrogens (tertiary/aromatic N) is 3. The van der Waals surface area contributed by atoms with E-state index in [0.717, 1.165) is 41.6 Å². The third-order valence-electron chi connectivity index (χ3n) is 5.32. The first-order chi connectivity index (χ1) is 13.1. The number of aryl methyl sites for hydroxylation is 2. The largest absolute Gasteiger partial charge is 0.452 e. The molecule has 7 nitrogen and oxygen atoms in total. The van der Waals surface area contributed by atoms with Gasteiger partial charge in [0.1, 0.15) is 5.58 Å². The third kappa shape index (κ3) is 3.35. The SMILES string of the molecule is CCN1CCC[C@H]1CNC(=O)c1nc(-c2oc3ccc(C)cc3c2C)no1. The first kappa shape index (κ1) is 17.7. The zero-order chi connectivity index (χ0) is 19.0. The Bertz CT molecular complexity index is 975. The number of rotatable bonds is 5. The van der Waals surface area contributed by atoms with E-state index in [4.69, 9.17) is 8.94 Å². The van der Waals surface area contributed by atoms with Crippen LogP contribution in [0.1, 0.15) is 41.6 Å². The highest BCUT2D eigenvalue weighted by atomic mass is 16.5. The fourth-order valence-electron chi connectivity index (χ4n) is 3.78. The van der Waals surface area contributed by atoms with Crippen molar-refractivity contribution in [1.82, 2.24) is 20.4 Å². The molecule has 0 unspecified atom stereocenters. The van der Waals surface area contributed by atoms with E-state index < -0.39 is 0 Å². The van der Waals surface area contributed by atoms with Gasteiger partial charge in [0.25, 0.3) is 0 Å². The van der Waals surface area contributed by atoms with Crippen LogP contribution >= 0.6 is 0 Å². The van der Waals surface area contributed by atoms with Crippen LogP contribution in [0.25, 0.3) is 22.6 Å². The molecule has 1 aliphatic heterocycles. The Kier molecular flexibility index (Phi) is 4.70. The number of hydrogen-bond donors (Lipinski definition) is 1. The van der Waals surface area contributed by atoms with Crippen LogP contribution in [0.2, 0.25) is 0 Å². The maximum atomic E-state index is 12.4.